The first-order valence-corrected chi connectivity index (χ1v) is 11.4. The Morgan fingerprint density at radius 3 is 2.76 bits per heavy atom. The molecule has 4 rings (SSSR count). The third kappa shape index (κ3) is 5.10. The Morgan fingerprint density at radius 2 is 2.00 bits per heavy atom. The number of aromatic nitrogens is 1. The fourth-order valence-corrected chi connectivity index (χ4v) is 5.82. The summed E-state index contributed by atoms with van der Waals surface area (Å²) in [6, 6.07) is 1.56. The molecule has 1 aromatic rings. The largest absolute Gasteiger partial charge is 0.384 e. The number of halogens is 2. The van der Waals surface area contributed by atoms with E-state index >= 15 is 0 Å². The van der Waals surface area contributed by atoms with Crippen LogP contribution in [-0.2, 0) is 11.3 Å². The molecule has 0 N–H and O–H groups in total. The monoisotopic (exact) mass is 424 g/mol. The number of likely N-dealkylation sites (tertiary alicyclic amines) is 2. The summed E-state index contributed by atoms with van der Waals surface area (Å²) in [5, 5.41) is 2.05. The van der Waals surface area contributed by atoms with Crippen LogP contribution in [0.1, 0.15) is 31.4 Å². The van der Waals surface area contributed by atoms with Crippen LogP contribution < -0.4 is 0 Å². The molecule has 4 heterocycles. The van der Waals surface area contributed by atoms with Gasteiger partial charge in [-0.2, -0.15) is 0 Å². The highest BCUT2D eigenvalue weighted by Gasteiger charge is 2.34. The van der Waals surface area contributed by atoms with E-state index in [1.165, 1.54) is 19.4 Å². The molecule has 0 saturated carbocycles. The lowest BCUT2D eigenvalue weighted by Gasteiger charge is -2.44. The molecule has 2 atom stereocenters. The van der Waals surface area contributed by atoms with E-state index in [9.17, 15) is 8.78 Å². The Hall–Kier alpha value is -1.22. The van der Waals surface area contributed by atoms with E-state index in [1.54, 1.807) is 18.9 Å². The number of piperidine rings is 2. The van der Waals surface area contributed by atoms with Gasteiger partial charge in [0.15, 0.2) is 0 Å². The van der Waals surface area contributed by atoms with Crippen LogP contribution in [0.5, 0.6) is 0 Å². The molecule has 0 aliphatic carbocycles. The molecule has 5 nitrogen and oxygen atoms in total. The maximum atomic E-state index is 14.0. The van der Waals surface area contributed by atoms with Gasteiger partial charge in [0.2, 0.25) is 0 Å². The number of ether oxygens (including phenoxy) is 1. The third-order valence-corrected chi connectivity index (χ3v) is 7.32. The van der Waals surface area contributed by atoms with Crippen molar-refractivity contribution in [3.63, 3.8) is 0 Å². The summed E-state index contributed by atoms with van der Waals surface area (Å²) in [6.45, 7) is 5.64. The molecule has 0 radical (unpaired) electrons. The van der Waals surface area contributed by atoms with Crippen LogP contribution >= 0.6 is 11.8 Å². The second kappa shape index (κ2) is 9.73. The zero-order chi connectivity index (χ0) is 20.2. The molecule has 0 amide bonds. The normalized spacial score (nSPS) is 27.1. The van der Waals surface area contributed by atoms with Gasteiger partial charge in [0.1, 0.15) is 17.1 Å². The number of thioether (sulfide) groups is 1. The van der Waals surface area contributed by atoms with E-state index in [2.05, 4.69) is 25.1 Å². The van der Waals surface area contributed by atoms with E-state index in [0.29, 0.717) is 18.5 Å². The van der Waals surface area contributed by atoms with E-state index in [0.717, 1.165) is 51.3 Å². The van der Waals surface area contributed by atoms with Crippen molar-refractivity contribution in [1.29, 1.82) is 0 Å². The smallest absolute Gasteiger partial charge is 0.149 e. The molecule has 2 saturated heterocycles. The van der Waals surface area contributed by atoms with E-state index in [4.69, 9.17) is 4.74 Å². The van der Waals surface area contributed by atoms with Crippen molar-refractivity contribution in [1.82, 2.24) is 19.7 Å². The fraction of sp³-hybridized carbons (Fsp3) is 0.667. The molecular formula is C21H30F2N4OS. The molecular weight excluding hydrogens is 394 g/mol. The summed E-state index contributed by atoms with van der Waals surface area (Å²) in [5.41, 5.74) is 0.445. The molecule has 2 fully saturated rings. The zero-order valence-electron chi connectivity index (χ0n) is 17.0. The Bertz CT molecular complexity index is 712. The average molecular weight is 425 g/mol. The Labute approximate surface area is 176 Å². The second-order valence-corrected chi connectivity index (χ2v) is 9.19. The number of methoxy groups -OCH3 is 1. The molecule has 29 heavy (non-hydrogen) atoms. The minimum absolute atomic E-state index is 0.157. The number of hydrogen-bond donors (Lipinski definition) is 0. The molecule has 160 valence electrons. The number of pyridine rings is 1. The molecule has 0 spiro atoms. The van der Waals surface area contributed by atoms with E-state index < -0.39 is 11.6 Å². The number of hydrogen-bond acceptors (Lipinski definition) is 6. The van der Waals surface area contributed by atoms with Gasteiger partial charge in [-0.05, 0) is 43.6 Å². The minimum atomic E-state index is -0.637. The first-order valence-electron chi connectivity index (χ1n) is 10.5. The molecule has 3 aliphatic heterocycles. The Morgan fingerprint density at radius 1 is 1.17 bits per heavy atom. The third-order valence-electron chi connectivity index (χ3n) is 6.23. The Kier molecular flexibility index (Phi) is 7.05. The SMILES string of the molecule is COCC1CCCN(C2CCN(C3SC=CN3Cc3ncc(F)cc3F)CC2)C1. The van der Waals surface area contributed by atoms with Crippen LogP contribution in [0.3, 0.4) is 0 Å². The van der Waals surface area contributed by atoms with Gasteiger partial charge in [0, 0.05) is 45.1 Å². The molecule has 1 aromatic heterocycles. The topological polar surface area (TPSA) is 31.8 Å². The van der Waals surface area contributed by atoms with Crippen LogP contribution in [0.15, 0.2) is 23.9 Å². The zero-order valence-corrected chi connectivity index (χ0v) is 17.8. The summed E-state index contributed by atoms with van der Waals surface area (Å²) in [7, 11) is 1.80. The van der Waals surface area contributed by atoms with Gasteiger partial charge in [-0.15, -0.1) is 0 Å². The highest BCUT2D eigenvalue weighted by atomic mass is 32.2. The number of rotatable bonds is 6. The Balaban J connectivity index is 1.31. The standard InChI is InChI=1S/C21H30F2N4OS/c1-28-15-16-3-2-6-26(13-16)18-4-7-25(8-5-18)21-27(9-10-29-21)14-20-19(23)11-17(22)12-24-20/h9-12,16,18,21H,2-8,13-15H2,1H3. The van der Waals surface area contributed by atoms with Crippen molar-refractivity contribution >= 4 is 11.8 Å². The van der Waals surface area contributed by atoms with Crippen molar-refractivity contribution < 1.29 is 13.5 Å². The molecule has 2 unspecified atom stereocenters. The van der Waals surface area contributed by atoms with Crippen molar-refractivity contribution in [3.05, 3.63) is 41.2 Å². The lowest BCUT2D eigenvalue weighted by Crippen LogP contribution is -2.52. The van der Waals surface area contributed by atoms with Gasteiger partial charge < -0.3 is 9.64 Å². The van der Waals surface area contributed by atoms with Crippen molar-refractivity contribution in [2.24, 2.45) is 5.92 Å². The summed E-state index contributed by atoms with van der Waals surface area (Å²) in [6.07, 6.45) is 7.94. The molecule has 3 aliphatic rings. The van der Waals surface area contributed by atoms with Crippen LogP contribution in [0.25, 0.3) is 0 Å². The van der Waals surface area contributed by atoms with Gasteiger partial charge in [0.25, 0.3) is 0 Å². The van der Waals surface area contributed by atoms with Gasteiger partial charge in [-0.1, -0.05) is 11.8 Å². The maximum Gasteiger partial charge on any atom is 0.149 e. The first-order chi connectivity index (χ1) is 14.1. The lowest BCUT2D eigenvalue weighted by molar-refractivity contribution is 0.0300. The van der Waals surface area contributed by atoms with Crippen molar-refractivity contribution in [2.45, 2.75) is 43.8 Å². The van der Waals surface area contributed by atoms with Crippen molar-refractivity contribution in [3.8, 4) is 0 Å². The molecule has 0 aromatic carbocycles. The van der Waals surface area contributed by atoms with Crippen LogP contribution in [0, 0.1) is 17.6 Å². The van der Waals surface area contributed by atoms with Gasteiger partial charge in [-0.25, -0.2) is 8.78 Å². The minimum Gasteiger partial charge on any atom is -0.384 e. The van der Waals surface area contributed by atoms with Crippen LogP contribution in [0.2, 0.25) is 0 Å². The van der Waals surface area contributed by atoms with Crippen molar-refractivity contribution in [2.75, 3.05) is 39.9 Å². The molecule has 8 heteroatoms. The van der Waals surface area contributed by atoms with E-state index in [1.807, 2.05) is 6.20 Å². The van der Waals surface area contributed by atoms with Crippen LogP contribution in [0.4, 0.5) is 8.78 Å². The highest BCUT2D eigenvalue weighted by molar-refractivity contribution is 8.02. The maximum absolute atomic E-state index is 14.0. The van der Waals surface area contributed by atoms with Gasteiger partial charge >= 0.3 is 0 Å². The summed E-state index contributed by atoms with van der Waals surface area (Å²) < 4.78 is 32.5. The average Bonchev–Trinajstić information content (AvgIpc) is 3.19. The number of nitrogens with zero attached hydrogens (tertiary/aromatic N) is 4. The summed E-state index contributed by atoms with van der Waals surface area (Å²) in [4.78, 5) is 11.2. The predicted molar refractivity (Wildman–Crippen MR) is 111 cm³/mol. The molecule has 0 bridgehead atoms. The van der Waals surface area contributed by atoms with Gasteiger partial charge in [0.05, 0.1) is 25.0 Å². The predicted octanol–water partition coefficient (Wildman–Crippen LogP) is 3.49. The highest BCUT2D eigenvalue weighted by Crippen LogP contribution is 2.33. The van der Waals surface area contributed by atoms with E-state index in [-0.39, 0.29) is 11.2 Å². The fourth-order valence-electron chi connectivity index (χ4n) is 4.77. The van der Waals surface area contributed by atoms with Gasteiger partial charge in [-0.3, -0.25) is 14.8 Å². The quantitative estimate of drug-likeness (QED) is 0.695. The lowest BCUT2D eigenvalue weighted by atomic mass is 9.94. The summed E-state index contributed by atoms with van der Waals surface area (Å²) >= 11 is 1.75. The second-order valence-electron chi connectivity index (χ2n) is 8.23. The first kappa shape index (κ1) is 21.0. The summed E-state index contributed by atoms with van der Waals surface area (Å²) in [5.74, 6) is -0.555. The van der Waals surface area contributed by atoms with Crippen LogP contribution in [-0.4, -0.2) is 71.1 Å².